The Morgan fingerprint density at radius 2 is 1.64 bits per heavy atom. The van der Waals surface area contributed by atoms with E-state index < -0.39 is 12.0 Å². The Bertz CT molecular complexity index is 808. The summed E-state index contributed by atoms with van der Waals surface area (Å²) in [6.07, 6.45) is 4.78. The molecule has 2 heterocycles. The normalized spacial score (nSPS) is 26.2. The Balaban J connectivity index is 1.70. The van der Waals surface area contributed by atoms with Gasteiger partial charge in [-0.15, -0.1) is 0 Å². The first kappa shape index (κ1) is 19.2. The predicted octanol–water partition coefficient (Wildman–Crippen LogP) is 3.40. The molecule has 1 saturated carbocycles. The lowest BCUT2D eigenvalue weighted by Crippen LogP contribution is -2.58. The maximum Gasteiger partial charge on any atom is 0.220 e. The maximum absolute atomic E-state index is 6.35. The molecule has 3 aliphatic rings. The van der Waals surface area contributed by atoms with Crippen LogP contribution in [0.25, 0.3) is 0 Å². The van der Waals surface area contributed by atoms with E-state index in [-0.39, 0.29) is 17.2 Å². The summed E-state index contributed by atoms with van der Waals surface area (Å²) in [6.45, 7) is 8.22. The molecule has 7 heteroatoms. The van der Waals surface area contributed by atoms with Crippen LogP contribution in [-0.4, -0.2) is 28.8 Å². The fraction of sp³-hybridized carbons (Fsp3) is 0.619. The minimum atomic E-state index is -0.456. The van der Waals surface area contributed by atoms with E-state index in [1.807, 2.05) is 23.1 Å². The lowest BCUT2D eigenvalue weighted by molar-refractivity contribution is -0.0895. The number of nitrogens with zero attached hydrogens (tertiary/aromatic N) is 3. The predicted molar refractivity (Wildman–Crippen MR) is 111 cm³/mol. The van der Waals surface area contributed by atoms with Crippen LogP contribution in [0, 0.1) is 0 Å². The average Bonchev–Trinajstić information content (AvgIpc) is 2.83. The summed E-state index contributed by atoms with van der Waals surface area (Å²) in [7, 11) is 0. The molecular weight excluding hydrogens is 354 g/mol. The molecule has 0 unspecified atom stereocenters. The van der Waals surface area contributed by atoms with Gasteiger partial charge in [-0.25, -0.2) is 4.99 Å². The van der Waals surface area contributed by atoms with Gasteiger partial charge in [0.2, 0.25) is 11.9 Å². The van der Waals surface area contributed by atoms with E-state index in [4.69, 9.17) is 25.9 Å². The molecule has 1 aliphatic carbocycles. The molecule has 1 saturated heterocycles. The molecule has 0 amide bonds. The Hall–Kier alpha value is -2.12. The van der Waals surface area contributed by atoms with Gasteiger partial charge in [-0.2, -0.15) is 4.99 Å². The summed E-state index contributed by atoms with van der Waals surface area (Å²) in [5, 5.41) is 0. The number of anilines is 1. The SMILES string of the molecule is CC1(C)OC(c2cccc(N3C(N)=NC(N)=NC34CCCCC4)c2)OC1(C)C. The third kappa shape index (κ3) is 3.06. The second-order valence-electron chi connectivity index (χ2n) is 9.00. The topological polar surface area (TPSA) is 98.5 Å². The standard InChI is InChI=1S/C21H31N5O2/c1-19(2)20(3,4)28-16(27-19)14-9-8-10-15(13-14)26-18(23)24-17(22)25-21(26)11-6-5-7-12-21/h8-10,13,16H,5-7,11-12H2,1-4H3,(H4,22,23,24,25). The monoisotopic (exact) mass is 385 g/mol. The summed E-state index contributed by atoms with van der Waals surface area (Å²) in [4.78, 5) is 11.0. The summed E-state index contributed by atoms with van der Waals surface area (Å²) >= 11 is 0. The van der Waals surface area contributed by atoms with Crippen molar-refractivity contribution in [2.75, 3.05) is 4.90 Å². The van der Waals surface area contributed by atoms with Gasteiger partial charge in [-0.05, 0) is 65.5 Å². The molecule has 7 nitrogen and oxygen atoms in total. The maximum atomic E-state index is 6.35. The molecule has 1 aromatic carbocycles. The van der Waals surface area contributed by atoms with Gasteiger partial charge < -0.3 is 20.9 Å². The molecule has 0 atom stereocenters. The molecule has 4 N–H and O–H groups in total. The summed E-state index contributed by atoms with van der Waals surface area (Å²) in [5.41, 5.74) is 13.0. The molecule has 152 valence electrons. The van der Waals surface area contributed by atoms with E-state index in [0.29, 0.717) is 5.96 Å². The number of rotatable bonds is 2. The lowest BCUT2D eigenvalue weighted by Gasteiger charge is -2.45. The van der Waals surface area contributed by atoms with E-state index in [2.05, 4.69) is 38.8 Å². The van der Waals surface area contributed by atoms with Crippen LogP contribution < -0.4 is 16.4 Å². The van der Waals surface area contributed by atoms with E-state index >= 15 is 0 Å². The molecule has 4 rings (SSSR count). The van der Waals surface area contributed by atoms with Gasteiger partial charge in [-0.3, -0.25) is 4.90 Å². The van der Waals surface area contributed by atoms with Crippen molar-refractivity contribution in [2.45, 2.75) is 83.0 Å². The fourth-order valence-corrected chi connectivity index (χ4v) is 4.28. The molecule has 0 bridgehead atoms. The minimum Gasteiger partial charge on any atom is -0.369 e. The summed E-state index contributed by atoms with van der Waals surface area (Å²) < 4.78 is 12.4. The average molecular weight is 386 g/mol. The van der Waals surface area contributed by atoms with Crippen LogP contribution >= 0.6 is 0 Å². The Morgan fingerprint density at radius 3 is 2.29 bits per heavy atom. The van der Waals surface area contributed by atoms with Gasteiger partial charge in [-0.1, -0.05) is 18.6 Å². The summed E-state index contributed by atoms with van der Waals surface area (Å²) in [5.74, 6) is 0.651. The molecule has 2 aliphatic heterocycles. The number of hydrogen-bond acceptors (Lipinski definition) is 7. The minimum absolute atomic E-state index is 0.262. The van der Waals surface area contributed by atoms with Gasteiger partial charge in [0, 0.05) is 11.3 Å². The second kappa shape index (κ2) is 6.46. The molecule has 1 spiro atoms. The quantitative estimate of drug-likeness (QED) is 0.813. The Kier molecular flexibility index (Phi) is 4.43. The van der Waals surface area contributed by atoms with Gasteiger partial charge >= 0.3 is 0 Å². The van der Waals surface area contributed by atoms with Crippen LogP contribution in [0.15, 0.2) is 34.3 Å². The van der Waals surface area contributed by atoms with Crippen LogP contribution in [0.3, 0.4) is 0 Å². The van der Waals surface area contributed by atoms with Crippen molar-refractivity contribution in [1.82, 2.24) is 0 Å². The van der Waals surface area contributed by atoms with Gasteiger partial charge in [0.15, 0.2) is 6.29 Å². The lowest BCUT2D eigenvalue weighted by atomic mass is 9.87. The zero-order chi connectivity index (χ0) is 20.2. The van der Waals surface area contributed by atoms with Crippen LogP contribution in [0.5, 0.6) is 0 Å². The van der Waals surface area contributed by atoms with E-state index in [9.17, 15) is 0 Å². The fourth-order valence-electron chi connectivity index (χ4n) is 4.28. The molecule has 28 heavy (non-hydrogen) atoms. The van der Waals surface area contributed by atoms with Crippen LogP contribution in [0.2, 0.25) is 0 Å². The van der Waals surface area contributed by atoms with Crippen molar-refractivity contribution in [3.05, 3.63) is 29.8 Å². The molecule has 1 aromatic rings. The van der Waals surface area contributed by atoms with Crippen LogP contribution in [-0.2, 0) is 9.47 Å². The molecular formula is C21H31N5O2. The highest BCUT2D eigenvalue weighted by Gasteiger charge is 2.50. The number of ether oxygens (including phenoxy) is 2. The van der Waals surface area contributed by atoms with Crippen LogP contribution in [0.1, 0.15) is 71.7 Å². The number of aliphatic imine (C=N–C) groups is 2. The molecule has 2 fully saturated rings. The van der Waals surface area contributed by atoms with Crippen molar-refractivity contribution >= 4 is 17.6 Å². The number of guanidine groups is 2. The van der Waals surface area contributed by atoms with Crippen molar-refractivity contribution < 1.29 is 9.47 Å². The Morgan fingerprint density at radius 1 is 1.00 bits per heavy atom. The third-order valence-corrected chi connectivity index (χ3v) is 6.51. The van der Waals surface area contributed by atoms with E-state index in [1.54, 1.807) is 0 Å². The van der Waals surface area contributed by atoms with Crippen molar-refractivity contribution in [3.8, 4) is 0 Å². The summed E-state index contributed by atoms with van der Waals surface area (Å²) in [6, 6.07) is 8.12. The van der Waals surface area contributed by atoms with E-state index in [0.717, 1.165) is 36.9 Å². The highest BCUT2D eigenvalue weighted by molar-refractivity contribution is 6.05. The first-order valence-corrected chi connectivity index (χ1v) is 10.1. The highest BCUT2D eigenvalue weighted by atomic mass is 16.7. The third-order valence-electron chi connectivity index (χ3n) is 6.51. The second-order valence-corrected chi connectivity index (χ2v) is 9.00. The van der Waals surface area contributed by atoms with Crippen molar-refractivity contribution in [2.24, 2.45) is 21.5 Å². The van der Waals surface area contributed by atoms with Crippen molar-refractivity contribution in [3.63, 3.8) is 0 Å². The first-order valence-electron chi connectivity index (χ1n) is 10.1. The molecule has 0 aromatic heterocycles. The number of hydrogen-bond donors (Lipinski definition) is 2. The van der Waals surface area contributed by atoms with Crippen molar-refractivity contribution in [1.29, 1.82) is 0 Å². The first-order chi connectivity index (χ1) is 13.1. The zero-order valence-corrected chi connectivity index (χ0v) is 17.2. The largest absolute Gasteiger partial charge is 0.369 e. The zero-order valence-electron chi connectivity index (χ0n) is 17.2. The van der Waals surface area contributed by atoms with Gasteiger partial charge in [0.25, 0.3) is 0 Å². The molecule has 0 radical (unpaired) electrons. The van der Waals surface area contributed by atoms with Crippen LogP contribution in [0.4, 0.5) is 5.69 Å². The van der Waals surface area contributed by atoms with E-state index in [1.165, 1.54) is 6.42 Å². The van der Waals surface area contributed by atoms with Gasteiger partial charge in [0.1, 0.15) is 5.66 Å². The smallest absolute Gasteiger partial charge is 0.220 e. The number of benzene rings is 1. The Labute approximate surface area is 166 Å². The number of nitrogens with two attached hydrogens (primary N) is 2. The van der Waals surface area contributed by atoms with Gasteiger partial charge in [0.05, 0.1) is 11.2 Å². The highest BCUT2D eigenvalue weighted by Crippen LogP contribution is 2.46.